The summed E-state index contributed by atoms with van der Waals surface area (Å²) in [6.45, 7) is 20.1. The summed E-state index contributed by atoms with van der Waals surface area (Å²) in [6, 6.07) is 0. The quantitative estimate of drug-likeness (QED) is 0.323. The Labute approximate surface area is 173 Å². The molecule has 158 valence electrons. The lowest BCUT2D eigenvalue weighted by molar-refractivity contribution is -0.0166. The molecule has 0 heterocycles. The van der Waals surface area contributed by atoms with Crippen LogP contribution in [0.25, 0.3) is 0 Å². The summed E-state index contributed by atoms with van der Waals surface area (Å²) in [5.74, 6) is 1.53. The van der Waals surface area contributed by atoms with Crippen molar-refractivity contribution in [2.75, 3.05) is 13.2 Å². The predicted octanol–water partition coefficient (Wildman–Crippen LogP) is 7.08. The van der Waals surface area contributed by atoms with Gasteiger partial charge in [0, 0.05) is 5.50 Å². The maximum absolute atomic E-state index is 6.72. The molecular formula is C23H47BO2Si. The fraction of sp³-hybridized carbons (Fsp3) is 1.00. The molecule has 3 unspecified atom stereocenters. The first-order valence-corrected chi connectivity index (χ1v) is 13.8. The van der Waals surface area contributed by atoms with Gasteiger partial charge in [-0.15, -0.1) is 0 Å². The molecule has 2 nitrogen and oxygen atoms in total. The minimum atomic E-state index is -1.81. The van der Waals surface area contributed by atoms with Crippen LogP contribution in [0, 0.1) is 11.8 Å². The lowest BCUT2D eigenvalue weighted by Crippen LogP contribution is -2.48. The number of hydrogen-bond donors (Lipinski definition) is 0. The topological polar surface area (TPSA) is 18.5 Å². The zero-order chi connectivity index (χ0) is 20.7. The number of rotatable bonds is 8. The lowest BCUT2D eigenvalue weighted by Gasteiger charge is -2.42. The van der Waals surface area contributed by atoms with Crippen LogP contribution in [0.1, 0.15) is 100 Å². The second-order valence-corrected chi connectivity index (χ2v) is 15.6. The van der Waals surface area contributed by atoms with Crippen LogP contribution < -0.4 is 0 Å². The summed E-state index contributed by atoms with van der Waals surface area (Å²) in [5.41, 5.74) is 1.37. The van der Waals surface area contributed by atoms with Crippen molar-refractivity contribution in [3.8, 4) is 0 Å². The monoisotopic (exact) mass is 394 g/mol. The van der Waals surface area contributed by atoms with Crippen LogP contribution >= 0.6 is 0 Å². The van der Waals surface area contributed by atoms with Gasteiger partial charge >= 0.3 is 0 Å². The predicted molar refractivity (Wildman–Crippen MR) is 122 cm³/mol. The van der Waals surface area contributed by atoms with Crippen molar-refractivity contribution in [3.63, 3.8) is 0 Å². The minimum absolute atomic E-state index is 0.466. The first kappa shape index (κ1) is 25.2. The molecule has 0 N–H and O–H groups in total. The first-order chi connectivity index (χ1) is 12.5. The molecule has 0 aromatic carbocycles. The minimum Gasteiger partial charge on any atom is -0.414 e. The van der Waals surface area contributed by atoms with Crippen molar-refractivity contribution >= 4 is 16.2 Å². The number of ether oxygens (including phenoxy) is 1. The molecular weight excluding hydrogens is 347 g/mol. The molecule has 1 saturated carbocycles. The average Bonchev–Trinajstić information content (AvgIpc) is 2.57. The molecule has 0 spiro atoms. The van der Waals surface area contributed by atoms with Crippen LogP contribution in [-0.2, 0) is 9.16 Å². The fourth-order valence-electron chi connectivity index (χ4n) is 5.34. The van der Waals surface area contributed by atoms with Gasteiger partial charge in [-0.1, -0.05) is 81.1 Å². The third-order valence-electron chi connectivity index (χ3n) is 7.29. The van der Waals surface area contributed by atoms with Crippen LogP contribution in [0.4, 0.5) is 0 Å². The van der Waals surface area contributed by atoms with E-state index in [1.165, 1.54) is 32.1 Å². The van der Waals surface area contributed by atoms with Gasteiger partial charge < -0.3 is 9.16 Å². The van der Waals surface area contributed by atoms with Crippen molar-refractivity contribution in [1.29, 1.82) is 0 Å². The molecule has 0 aliphatic heterocycles. The van der Waals surface area contributed by atoms with Gasteiger partial charge in [-0.25, -0.2) is 0 Å². The van der Waals surface area contributed by atoms with Crippen LogP contribution in [0.5, 0.6) is 0 Å². The zero-order valence-electron chi connectivity index (χ0n) is 19.6. The third-order valence-corrected chi connectivity index (χ3v) is 13.4. The highest BCUT2D eigenvalue weighted by Gasteiger charge is 2.45. The van der Waals surface area contributed by atoms with Crippen molar-refractivity contribution in [2.45, 2.75) is 122 Å². The van der Waals surface area contributed by atoms with Crippen molar-refractivity contribution in [3.05, 3.63) is 0 Å². The fourth-order valence-corrected chi connectivity index (χ4v) is 10.8. The molecule has 2 radical (unpaired) electrons. The van der Waals surface area contributed by atoms with E-state index in [0.29, 0.717) is 29.8 Å². The Balaban J connectivity index is 2.63. The highest BCUT2D eigenvalue weighted by atomic mass is 28.4. The molecule has 0 saturated heterocycles. The van der Waals surface area contributed by atoms with E-state index in [9.17, 15) is 0 Å². The first-order valence-electron chi connectivity index (χ1n) is 11.6. The SMILES string of the molecule is [B]C1(OCCO[Si](C(C)C)(C(C)C)C(C)C)CCCCCC(C)C(C)CC1. The Bertz CT molecular complexity index is 391. The molecule has 4 heteroatoms. The van der Waals surface area contributed by atoms with Crippen molar-refractivity contribution in [2.24, 2.45) is 11.8 Å². The Hall–Kier alpha value is 0.202. The third kappa shape index (κ3) is 7.19. The van der Waals surface area contributed by atoms with Gasteiger partial charge in [0.15, 0.2) is 8.32 Å². The normalized spacial score (nSPS) is 28.9. The van der Waals surface area contributed by atoms with E-state index in [4.69, 9.17) is 17.0 Å². The smallest absolute Gasteiger partial charge is 0.200 e. The zero-order valence-corrected chi connectivity index (χ0v) is 20.6. The van der Waals surface area contributed by atoms with E-state index in [-0.39, 0.29) is 0 Å². The second-order valence-electron chi connectivity index (χ2n) is 10.2. The Morgan fingerprint density at radius 1 is 0.815 bits per heavy atom. The average molecular weight is 395 g/mol. The maximum atomic E-state index is 6.72. The van der Waals surface area contributed by atoms with Crippen LogP contribution in [0.3, 0.4) is 0 Å². The summed E-state index contributed by atoms with van der Waals surface area (Å²) in [6.07, 6.45) is 8.27. The summed E-state index contributed by atoms with van der Waals surface area (Å²) in [7, 11) is 4.91. The maximum Gasteiger partial charge on any atom is 0.200 e. The molecule has 1 rings (SSSR count). The summed E-state index contributed by atoms with van der Waals surface area (Å²) >= 11 is 0. The van der Waals surface area contributed by atoms with E-state index in [2.05, 4.69) is 55.4 Å². The summed E-state index contributed by atoms with van der Waals surface area (Å²) in [5, 5.41) is 0. The van der Waals surface area contributed by atoms with Gasteiger partial charge in [-0.2, -0.15) is 0 Å². The van der Waals surface area contributed by atoms with E-state index in [0.717, 1.165) is 24.7 Å². The second kappa shape index (κ2) is 11.4. The van der Waals surface area contributed by atoms with Gasteiger partial charge in [0.05, 0.1) is 13.2 Å². The van der Waals surface area contributed by atoms with Gasteiger partial charge in [0.2, 0.25) is 0 Å². The van der Waals surface area contributed by atoms with Crippen molar-refractivity contribution < 1.29 is 9.16 Å². The Kier molecular flexibility index (Phi) is 10.7. The highest BCUT2D eigenvalue weighted by molar-refractivity contribution is 6.77. The molecule has 0 aromatic heterocycles. The van der Waals surface area contributed by atoms with Crippen LogP contribution in [0.15, 0.2) is 0 Å². The van der Waals surface area contributed by atoms with E-state index in [1.54, 1.807) is 0 Å². The number of hydrogen-bond acceptors (Lipinski definition) is 2. The van der Waals surface area contributed by atoms with Crippen LogP contribution in [0.2, 0.25) is 16.6 Å². The van der Waals surface area contributed by atoms with E-state index >= 15 is 0 Å². The molecule has 27 heavy (non-hydrogen) atoms. The van der Waals surface area contributed by atoms with Crippen molar-refractivity contribution in [1.82, 2.24) is 0 Å². The largest absolute Gasteiger partial charge is 0.414 e. The van der Waals surface area contributed by atoms with Gasteiger partial charge in [0.1, 0.15) is 7.85 Å². The van der Waals surface area contributed by atoms with E-state index in [1.807, 2.05) is 0 Å². The molecule has 0 aromatic rings. The molecule has 0 bridgehead atoms. The molecule has 1 aliphatic rings. The van der Waals surface area contributed by atoms with Gasteiger partial charge in [-0.3, -0.25) is 0 Å². The Morgan fingerprint density at radius 2 is 1.37 bits per heavy atom. The van der Waals surface area contributed by atoms with E-state index < -0.39 is 13.8 Å². The molecule has 3 atom stereocenters. The van der Waals surface area contributed by atoms with Gasteiger partial charge in [-0.05, 0) is 47.7 Å². The lowest BCUT2D eigenvalue weighted by atomic mass is 9.70. The standard InChI is InChI=1S/C23H47BO2Si/c1-18(2)27(19(3)4,20(5)6)26-17-16-25-23(24)14-11-9-10-12-21(7)22(8)13-15-23/h18-22H,9-17H2,1-8H3. The van der Waals surface area contributed by atoms with Crippen LogP contribution in [-0.4, -0.2) is 34.9 Å². The summed E-state index contributed by atoms with van der Waals surface area (Å²) in [4.78, 5) is 0. The molecule has 0 amide bonds. The van der Waals surface area contributed by atoms with Gasteiger partial charge in [0.25, 0.3) is 0 Å². The molecule has 1 aliphatic carbocycles. The summed E-state index contributed by atoms with van der Waals surface area (Å²) < 4.78 is 12.9. The Morgan fingerprint density at radius 3 is 1.93 bits per heavy atom. The molecule has 1 fully saturated rings. The highest BCUT2D eigenvalue weighted by Crippen LogP contribution is 2.42.